The van der Waals surface area contributed by atoms with Gasteiger partial charge < -0.3 is 4.74 Å². The van der Waals surface area contributed by atoms with Crippen LogP contribution in [-0.2, 0) is 9.53 Å². The van der Waals surface area contributed by atoms with Gasteiger partial charge in [0.25, 0.3) is 5.69 Å². The molecule has 0 saturated carbocycles. The van der Waals surface area contributed by atoms with Crippen molar-refractivity contribution in [2.45, 2.75) is 0 Å². The summed E-state index contributed by atoms with van der Waals surface area (Å²) in [6.45, 7) is -0.399. The lowest BCUT2D eigenvalue weighted by Crippen LogP contribution is -2.12. The first-order chi connectivity index (χ1) is 11.5. The molecule has 2 aromatic rings. The summed E-state index contributed by atoms with van der Waals surface area (Å²) in [5, 5.41) is 11.0. The van der Waals surface area contributed by atoms with Gasteiger partial charge in [-0.15, -0.1) is 0 Å². The van der Waals surface area contributed by atoms with Crippen LogP contribution in [0.1, 0.15) is 15.9 Å². The maximum Gasteiger partial charge on any atom is 0.331 e. The first kappa shape index (κ1) is 17.4. The van der Waals surface area contributed by atoms with Crippen molar-refractivity contribution in [1.29, 1.82) is 0 Å². The zero-order chi connectivity index (χ0) is 17.5. The Morgan fingerprint density at radius 2 is 1.88 bits per heavy atom. The maximum absolute atomic E-state index is 11.9. The molecule has 0 spiro atoms. The predicted octanol–water partition coefficient (Wildman–Crippen LogP) is 3.69. The van der Waals surface area contributed by atoms with Gasteiger partial charge in [0, 0.05) is 28.8 Å². The molecule has 2 aromatic carbocycles. The van der Waals surface area contributed by atoms with Crippen molar-refractivity contribution in [2.24, 2.45) is 0 Å². The molecular formula is C17H12ClNO5. The zero-order valence-corrected chi connectivity index (χ0v) is 13.1. The molecule has 24 heavy (non-hydrogen) atoms. The summed E-state index contributed by atoms with van der Waals surface area (Å²) in [5.74, 6) is -1.06. The number of Topliss-reactive ketones (excluding diaryl/α,β-unsaturated/α-hetero) is 1. The molecule has 0 heterocycles. The highest BCUT2D eigenvalue weighted by Gasteiger charge is 2.09. The number of nitrogens with zero attached hydrogens (tertiary/aromatic N) is 1. The van der Waals surface area contributed by atoms with Crippen LogP contribution in [0.15, 0.2) is 54.6 Å². The summed E-state index contributed by atoms with van der Waals surface area (Å²) < 4.78 is 4.86. The van der Waals surface area contributed by atoms with E-state index in [0.717, 1.165) is 6.08 Å². The molecular weight excluding hydrogens is 334 g/mol. The molecule has 0 aliphatic rings. The smallest absolute Gasteiger partial charge is 0.331 e. The number of benzene rings is 2. The van der Waals surface area contributed by atoms with Gasteiger partial charge in [-0.25, -0.2) is 4.79 Å². The van der Waals surface area contributed by atoms with Crippen LogP contribution >= 0.6 is 11.6 Å². The van der Waals surface area contributed by atoms with Gasteiger partial charge in [-0.3, -0.25) is 14.9 Å². The highest BCUT2D eigenvalue weighted by Crippen LogP contribution is 2.13. The number of nitro groups is 1. The van der Waals surface area contributed by atoms with Crippen LogP contribution in [-0.4, -0.2) is 23.3 Å². The number of hydrogen-bond donors (Lipinski definition) is 0. The fourth-order valence-corrected chi connectivity index (χ4v) is 1.99. The van der Waals surface area contributed by atoms with Crippen LogP contribution in [0.5, 0.6) is 0 Å². The van der Waals surface area contributed by atoms with Gasteiger partial charge >= 0.3 is 5.97 Å². The first-order valence-electron chi connectivity index (χ1n) is 6.84. The summed E-state index contributed by atoms with van der Waals surface area (Å²) in [6.07, 6.45) is 2.59. The quantitative estimate of drug-likeness (QED) is 0.262. The van der Waals surface area contributed by atoms with E-state index in [9.17, 15) is 19.7 Å². The fourth-order valence-electron chi connectivity index (χ4n) is 1.80. The number of esters is 1. The minimum Gasteiger partial charge on any atom is -0.454 e. The van der Waals surface area contributed by atoms with Crippen LogP contribution in [0, 0.1) is 10.1 Å². The van der Waals surface area contributed by atoms with Crippen LogP contribution in [0.3, 0.4) is 0 Å². The second kappa shape index (κ2) is 8.03. The standard InChI is InChI=1S/C17H12ClNO5/c18-14-3-1-2-13(10-14)16(20)11-24-17(21)9-6-12-4-7-15(8-5-12)19(22)23/h1-10H,11H2/b9-6+. The highest BCUT2D eigenvalue weighted by molar-refractivity contribution is 6.31. The van der Waals surface area contributed by atoms with Gasteiger partial charge in [0.05, 0.1) is 4.92 Å². The minimum atomic E-state index is -0.691. The Morgan fingerprint density at radius 3 is 2.50 bits per heavy atom. The Morgan fingerprint density at radius 1 is 1.17 bits per heavy atom. The van der Waals surface area contributed by atoms with E-state index in [1.54, 1.807) is 18.2 Å². The van der Waals surface area contributed by atoms with Crippen LogP contribution < -0.4 is 0 Å². The second-order valence-electron chi connectivity index (χ2n) is 4.72. The lowest BCUT2D eigenvalue weighted by molar-refractivity contribution is -0.384. The molecule has 122 valence electrons. The molecule has 0 atom stereocenters. The number of hydrogen-bond acceptors (Lipinski definition) is 5. The topological polar surface area (TPSA) is 86.5 Å². The van der Waals surface area contributed by atoms with Crippen molar-refractivity contribution in [3.05, 3.63) is 80.9 Å². The number of nitro benzene ring substituents is 1. The average molecular weight is 346 g/mol. The molecule has 0 unspecified atom stereocenters. The number of rotatable bonds is 6. The average Bonchev–Trinajstić information content (AvgIpc) is 2.58. The molecule has 0 aliphatic carbocycles. The van der Waals surface area contributed by atoms with E-state index in [-0.39, 0.29) is 11.5 Å². The van der Waals surface area contributed by atoms with Gasteiger partial charge in [0.2, 0.25) is 0 Å². The third-order valence-corrected chi connectivity index (χ3v) is 3.24. The van der Waals surface area contributed by atoms with Gasteiger partial charge in [-0.2, -0.15) is 0 Å². The summed E-state index contributed by atoms with van der Waals surface area (Å²) >= 11 is 5.79. The first-order valence-corrected chi connectivity index (χ1v) is 7.21. The molecule has 7 heteroatoms. The highest BCUT2D eigenvalue weighted by atomic mass is 35.5. The number of carbonyl (C=O) groups is 2. The molecule has 0 saturated heterocycles. The Kier molecular flexibility index (Phi) is 5.81. The van der Waals surface area contributed by atoms with E-state index >= 15 is 0 Å². The molecule has 2 rings (SSSR count). The minimum absolute atomic E-state index is 0.0400. The molecule has 0 radical (unpaired) electrons. The lowest BCUT2D eigenvalue weighted by Gasteiger charge is -2.02. The molecule has 0 aromatic heterocycles. The second-order valence-corrected chi connectivity index (χ2v) is 5.16. The van der Waals surface area contributed by atoms with E-state index in [2.05, 4.69) is 0 Å². The van der Waals surface area contributed by atoms with E-state index in [1.807, 2.05) is 0 Å². The Bertz CT molecular complexity index is 799. The lowest BCUT2D eigenvalue weighted by atomic mass is 10.1. The Labute approximate surface area is 142 Å². The summed E-state index contributed by atoms with van der Waals surface area (Å²) in [6, 6.07) is 12.0. The number of carbonyl (C=O) groups excluding carboxylic acids is 2. The number of ether oxygens (including phenoxy) is 1. The normalized spacial score (nSPS) is 10.5. The third kappa shape index (κ3) is 5.03. The largest absolute Gasteiger partial charge is 0.454 e. The maximum atomic E-state index is 11.9. The van der Waals surface area contributed by atoms with Gasteiger partial charge in [-0.1, -0.05) is 23.7 Å². The van der Waals surface area contributed by atoms with Crippen molar-refractivity contribution in [1.82, 2.24) is 0 Å². The van der Waals surface area contributed by atoms with Gasteiger partial charge in [0.1, 0.15) is 0 Å². The summed E-state index contributed by atoms with van der Waals surface area (Å²) in [5.41, 5.74) is 0.912. The van der Waals surface area contributed by atoms with E-state index in [4.69, 9.17) is 16.3 Å². The predicted molar refractivity (Wildman–Crippen MR) is 88.9 cm³/mol. The van der Waals surface area contributed by atoms with E-state index < -0.39 is 17.5 Å². The van der Waals surface area contributed by atoms with Crippen LogP contribution in [0.25, 0.3) is 6.08 Å². The Hall–Kier alpha value is -2.99. The SMILES string of the molecule is O=C(/C=C/c1ccc([N+](=O)[O-])cc1)OCC(=O)c1cccc(Cl)c1. The monoisotopic (exact) mass is 345 g/mol. The van der Waals surface area contributed by atoms with Gasteiger partial charge in [-0.05, 0) is 35.9 Å². The number of halogens is 1. The molecule has 0 bridgehead atoms. The molecule has 6 nitrogen and oxygen atoms in total. The molecule has 0 N–H and O–H groups in total. The summed E-state index contributed by atoms with van der Waals surface area (Å²) in [4.78, 5) is 33.5. The number of non-ortho nitro benzene ring substituents is 1. The third-order valence-electron chi connectivity index (χ3n) is 3.01. The van der Waals surface area contributed by atoms with Crippen molar-refractivity contribution in [3.63, 3.8) is 0 Å². The van der Waals surface area contributed by atoms with Crippen LogP contribution in [0.2, 0.25) is 5.02 Å². The van der Waals surface area contributed by atoms with Crippen molar-refractivity contribution < 1.29 is 19.2 Å². The number of ketones is 1. The summed E-state index contributed by atoms with van der Waals surface area (Å²) in [7, 11) is 0. The zero-order valence-electron chi connectivity index (χ0n) is 12.3. The molecule has 0 fully saturated rings. The van der Waals surface area contributed by atoms with E-state index in [1.165, 1.54) is 36.4 Å². The van der Waals surface area contributed by atoms with E-state index in [0.29, 0.717) is 16.1 Å². The molecule has 0 aliphatic heterocycles. The Balaban J connectivity index is 1.88. The van der Waals surface area contributed by atoms with Crippen LogP contribution in [0.4, 0.5) is 5.69 Å². The molecule has 0 amide bonds. The van der Waals surface area contributed by atoms with Crippen molar-refractivity contribution in [3.8, 4) is 0 Å². The van der Waals surface area contributed by atoms with Gasteiger partial charge in [0.15, 0.2) is 12.4 Å². The van der Waals surface area contributed by atoms with Crippen molar-refractivity contribution in [2.75, 3.05) is 6.61 Å². The van der Waals surface area contributed by atoms with Crippen molar-refractivity contribution >= 4 is 35.1 Å². The fraction of sp³-hybridized carbons (Fsp3) is 0.0588.